The molecule has 166 valence electrons. The quantitative estimate of drug-likeness (QED) is 0.664. The number of carbonyl (C=O) groups is 2. The van der Waals surface area contributed by atoms with Crippen LogP contribution in [0.1, 0.15) is 51.9 Å². The molecule has 1 aliphatic heterocycles. The Morgan fingerprint density at radius 1 is 1.13 bits per heavy atom. The third-order valence-electron chi connectivity index (χ3n) is 6.37. The highest BCUT2D eigenvalue weighted by Gasteiger charge is 2.38. The molecule has 2 amide bonds. The van der Waals surface area contributed by atoms with Crippen LogP contribution < -0.4 is 24.4 Å². The fourth-order valence-electron chi connectivity index (χ4n) is 4.70. The van der Waals surface area contributed by atoms with Gasteiger partial charge in [0.05, 0.1) is 32.9 Å². The number of hydrogen-bond donors (Lipinski definition) is 1. The van der Waals surface area contributed by atoms with Gasteiger partial charge in [0.1, 0.15) is 0 Å². The topological polar surface area (TPSA) is 77.1 Å². The van der Waals surface area contributed by atoms with Crippen molar-refractivity contribution in [1.29, 1.82) is 0 Å². The van der Waals surface area contributed by atoms with Gasteiger partial charge in [0, 0.05) is 31.1 Å². The Labute approximate surface area is 179 Å². The third kappa shape index (κ3) is 4.65. The first-order valence-electron chi connectivity index (χ1n) is 10.9. The smallest absolute Gasteiger partial charge is 0.227 e. The van der Waals surface area contributed by atoms with Crippen molar-refractivity contribution < 1.29 is 23.8 Å². The van der Waals surface area contributed by atoms with E-state index in [0.717, 1.165) is 6.42 Å². The molecule has 1 aliphatic carbocycles. The summed E-state index contributed by atoms with van der Waals surface area (Å²) in [5.74, 6) is 1.59. The lowest BCUT2D eigenvalue weighted by molar-refractivity contribution is -0.127. The van der Waals surface area contributed by atoms with Gasteiger partial charge in [-0.1, -0.05) is 26.2 Å². The summed E-state index contributed by atoms with van der Waals surface area (Å²) in [7, 11) is 4.62. The van der Waals surface area contributed by atoms with Crippen LogP contribution in [0.25, 0.3) is 0 Å². The van der Waals surface area contributed by atoms with Gasteiger partial charge in [-0.3, -0.25) is 9.59 Å². The monoisotopic (exact) mass is 418 g/mol. The molecular formula is C23H34N2O5. The lowest BCUT2D eigenvalue weighted by Gasteiger charge is -2.23. The summed E-state index contributed by atoms with van der Waals surface area (Å²) in [6, 6.07) is 3.74. The van der Waals surface area contributed by atoms with E-state index in [4.69, 9.17) is 14.2 Å². The number of anilines is 1. The number of nitrogens with zero attached hydrogens (tertiary/aromatic N) is 1. The molecule has 1 saturated heterocycles. The van der Waals surface area contributed by atoms with E-state index < -0.39 is 0 Å². The van der Waals surface area contributed by atoms with Gasteiger partial charge >= 0.3 is 0 Å². The maximum Gasteiger partial charge on any atom is 0.227 e. The van der Waals surface area contributed by atoms with Crippen molar-refractivity contribution >= 4 is 17.5 Å². The molecule has 1 N–H and O–H groups in total. The zero-order chi connectivity index (χ0) is 21.7. The standard InChI is InChI=1S/C23H34N2O5/c1-5-6-8-15-9-7-10-18(15)24-23(27)16-11-21(26)25(14-16)17-12-19(28-2)22(30-4)20(13-17)29-3/h12-13,15-16,18H,5-11,14H2,1-4H3,(H,24,27). The minimum Gasteiger partial charge on any atom is -0.493 e. The van der Waals surface area contributed by atoms with Gasteiger partial charge in [0.15, 0.2) is 11.5 Å². The second-order valence-electron chi connectivity index (χ2n) is 8.24. The Morgan fingerprint density at radius 3 is 2.43 bits per heavy atom. The van der Waals surface area contributed by atoms with Crippen molar-refractivity contribution in [3.63, 3.8) is 0 Å². The lowest BCUT2D eigenvalue weighted by Crippen LogP contribution is -2.41. The Hall–Kier alpha value is -2.44. The van der Waals surface area contributed by atoms with Crippen LogP contribution in [0.4, 0.5) is 5.69 Å². The Kier molecular flexibility index (Phi) is 7.45. The summed E-state index contributed by atoms with van der Waals surface area (Å²) in [5.41, 5.74) is 0.645. The van der Waals surface area contributed by atoms with E-state index >= 15 is 0 Å². The van der Waals surface area contributed by atoms with Crippen LogP contribution in [-0.2, 0) is 9.59 Å². The maximum atomic E-state index is 12.9. The van der Waals surface area contributed by atoms with E-state index in [2.05, 4.69) is 12.2 Å². The van der Waals surface area contributed by atoms with E-state index in [1.165, 1.54) is 39.2 Å². The lowest BCUT2D eigenvalue weighted by atomic mass is 9.96. The first kappa shape index (κ1) is 22.2. The van der Waals surface area contributed by atoms with Gasteiger partial charge in [0.25, 0.3) is 0 Å². The van der Waals surface area contributed by atoms with Gasteiger partial charge in [0.2, 0.25) is 17.6 Å². The van der Waals surface area contributed by atoms with E-state index in [1.807, 2.05) is 0 Å². The molecule has 0 bridgehead atoms. The first-order valence-corrected chi connectivity index (χ1v) is 10.9. The molecule has 0 spiro atoms. The van der Waals surface area contributed by atoms with E-state index in [1.54, 1.807) is 31.3 Å². The minimum atomic E-state index is -0.344. The zero-order valence-corrected chi connectivity index (χ0v) is 18.5. The Morgan fingerprint density at radius 2 is 1.83 bits per heavy atom. The second kappa shape index (κ2) is 10.0. The number of benzene rings is 1. The Bertz CT molecular complexity index is 741. The van der Waals surface area contributed by atoms with E-state index in [9.17, 15) is 9.59 Å². The predicted octanol–water partition coefficient (Wildman–Crippen LogP) is 3.54. The number of carbonyl (C=O) groups excluding carboxylic acids is 2. The molecule has 1 heterocycles. The summed E-state index contributed by atoms with van der Waals surface area (Å²) < 4.78 is 16.2. The fourth-order valence-corrected chi connectivity index (χ4v) is 4.70. The molecule has 2 fully saturated rings. The third-order valence-corrected chi connectivity index (χ3v) is 6.37. The van der Waals surface area contributed by atoms with Crippen LogP contribution in [0.5, 0.6) is 17.2 Å². The minimum absolute atomic E-state index is 0.00769. The van der Waals surface area contributed by atoms with Gasteiger partial charge in [-0.15, -0.1) is 0 Å². The van der Waals surface area contributed by atoms with Crippen LogP contribution in [-0.4, -0.2) is 45.7 Å². The van der Waals surface area contributed by atoms with Crippen LogP contribution >= 0.6 is 0 Å². The van der Waals surface area contributed by atoms with Crippen LogP contribution in [0.15, 0.2) is 12.1 Å². The fraction of sp³-hybridized carbons (Fsp3) is 0.652. The normalized spacial score (nSPS) is 23.5. The van der Waals surface area contributed by atoms with Gasteiger partial charge in [-0.05, 0) is 25.2 Å². The van der Waals surface area contributed by atoms with Crippen LogP contribution in [0.3, 0.4) is 0 Å². The molecule has 1 aromatic carbocycles. The highest BCUT2D eigenvalue weighted by molar-refractivity contribution is 6.00. The average molecular weight is 419 g/mol. The molecule has 1 saturated carbocycles. The molecule has 3 atom stereocenters. The van der Waals surface area contributed by atoms with E-state index in [-0.39, 0.29) is 30.2 Å². The summed E-state index contributed by atoms with van der Waals surface area (Å²) in [6.07, 6.45) is 7.16. The summed E-state index contributed by atoms with van der Waals surface area (Å²) in [4.78, 5) is 27.3. The van der Waals surface area contributed by atoms with Crippen LogP contribution in [0, 0.1) is 11.8 Å². The zero-order valence-electron chi connectivity index (χ0n) is 18.5. The van der Waals surface area contributed by atoms with Crippen molar-refractivity contribution in [2.24, 2.45) is 11.8 Å². The van der Waals surface area contributed by atoms with Crippen molar-refractivity contribution in [1.82, 2.24) is 5.32 Å². The maximum absolute atomic E-state index is 12.9. The van der Waals surface area contributed by atoms with E-state index in [0.29, 0.717) is 35.4 Å². The summed E-state index contributed by atoms with van der Waals surface area (Å²) in [5, 5.41) is 3.25. The molecule has 30 heavy (non-hydrogen) atoms. The summed E-state index contributed by atoms with van der Waals surface area (Å²) >= 11 is 0. The molecule has 0 aromatic heterocycles. The van der Waals surface area contributed by atoms with Gasteiger partial charge in [-0.2, -0.15) is 0 Å². The average Bonchev–Trinajstić information content (AvgIpc) is 3.37. The number of ether oxygens (including phenoxy) is 3. The molecular weight excluding hydrogens is 384 g/mol. The largest absolute Gasteiger partial charge is 0.493 e. The van der Waals surface area contributed by atoms with Crippen molar-refractivity contribution in [3.8, 4) is 17.2 Å². The van der Waals surface area contributed by atoms with Crippen molar-refractivity contribution in [2.45, 2.75) is 57.9 Å². The highest BCUT2D eigenvalue weighted by Crippen LogP contribution is 2.42. The molecule has 3 unspecified atom stereocenters. The number of hydrogen-bond acceptors (Lipinski definition) is 5. The summed E-state index contributed by atoms with van der Waals surface area (Å²) in [6.45, 7) is 2.56. The van der Waals surface area contributed by atoms with Crippen LogP contribution in [0.2, 0.25) is 0 Å². The van der Waals surface area contributed by atoms with Crippen molar-refractivity contribution in [3.05, 3.63) is 12.1 Å². The SMILES string of the molecule is CCCCC1CCCC1NC(=O)C1CC(=O)N(c2cc(OC)c(OC)c(OC)c2)C1. The molecule has 7 nitrogen and oxygen atoms in total. The molecule has 7 heteroatoms. The molecule has 2 aliphatic rings. The second-order valence-corrected chi connectivity index (χ2v) is 8.24. The Balaban J connectivity index is 1.70. The highest BCUT2D eigenvalue weighted by atomic mass is 16.5. The predicted molar refractivity (Wildman–Crippen MR) is 115 cm³/mol. The number of methoxy groups -OCH3 is 3. The van der Waals surface area contributed by atoms with Gasteiger partial charge in [-0.25, -0.2) is 0 Å². The number of rotatable bonds is 9. The van der Waals surface area contributed by atoms with Crippen molar-refractivity contribution in [2.75, 3.05) is 32.8 Å². The van der Waals surface area contributed by atoms with Gasteiger partial charge < -0.3 is 24.4 Å². The molecule has 0 radical (unpaired) electrons. The number of nitrogens with one attached hydrogen (secondary N) is 1. The molecule has 3 rings (SSSR count). The number of unbranched alkanes of at least 4 members (excludes halogenated alkanes) is 1. The molecule has 1 aromatic rings. The number of amides is 2. The first-order chi connectivity index (χ1) is 14.5.